The van der Waals surface area contributed by atoms with E-state index in [0.29, 0.717) is 12.1 Å². The minimum atomic E-state index is -0.363. The van der Waals surface area contributed by atoms with Crippen molar-refractivity contribution in [2.75, 3.05) is 6.54 Å². The molecule has 0 saturated heterocycles. The van der Waals surface area contributed by atoms with Gasteiger partial charge in [-0.25, -0.2) is 4.39 Å². The van der Waals surface area contributed by atoms with Crippen LogP contribution in [0.15, 0.2) is 24.3 Å². The largest absolute Gasteiger partial charge is 0.356 e. The number of ketones is 1. The summed E-state index contributed by atoms with van der Waals surface area (Å²) in [5.74, 6) is -0.568. The lowest BCUT2D eigenvalue weighted by Gasteiger charge is -2.06. The maximum atomic E-state index is 12.9. The highest BCUT2D eigenvalue weighted by Gasteiger charge is 2.09. The highest BCUT2D eigenvalue weighted by atomic mass is 19.1. The standard InChI is InChI=1S/C28H46FNO2/c1-2-3-4-5-6-7-8-9-10-11-12-13-14-15-16-17-24-30-28(32)23-22-27(31)25-18-20-26(29)21-19-25/h18-21H,2-17,22-24H2,1H3,(H,30,32). The molecule has 182 valence electrons. The summed E-state index contributed by atoms with van der Waals surface area (Å²) in [6, 6.07) is 5.47. The van der Waals surface area contributed by atoms with E-state index in [1.54, 1.807) is 0 Å². The first-order valence-corrected chi connectivity index (χ1v) is 13.2. The van der Waals surface area contributed by atoms with Gasteiger partial charge in [0.2, 0.25) is 5.91 Å². The minimum Gasteiger partial charge on any atom is -0.356 e. The van der Waals surface area contributed by atoms with Crippen LogP contribution in [-0.2, 0) is 4.79 Å². The molecule has 0 atom stereocenters. The first kappa shape index (κ1) is 28.3. The van der Waals surface area contributed by atoms with Crippen LogP contribution in [-0.4, -0.2) is 18.2 Å². The summed E-state index contributed by atoms with van der Waals surface area (Å²) in [5.41, 5.74) is 0.456. The molecule has 0 saturated carbocycles. The molecule has 0 unspecified atom stereocenters. The molecule has 3 nitrogen and oxygen atoms in total. The van der Waals surface area contributed by atoms with Crippen LogP contribution in [0.1, 0.15) is 133 Å². The van der Waals surface area contributed by atoms with Crippen LogP contribution >= 0.6 is 0 Å². The lowest BCUT2D eigenvalue weighted by molar-refractivity contribution is -0.121. The van der Waals surface area contributed by atoms with Gasteiger partial charge in [-0.05, 0) is 30.7 Å². The molecular formula is C28H46FNO2. The molecule has 1 N–H and O–H groups in total. The molecule has 0 fully saturated rings. The van der Waals surface area contributed by atoms with Crippen LogP contribution < -0.4 is 5.32 Å². The third-order valence-electron chi connectivity index (χ3n) is 6.10. The topological polar surface area (TPSA) is 46.2 Å². The Bertz CT molecular complexity index is 600. The van der Waals surface area contributed by atoms with Crippen LogP contribution in [0.25, 0.3) is 0 Å². The van der Waals surface area contributed by atoms with E-state index in [2.05, 4.69) is 12.2 Å². The number of benzene rings is 1. The molecule has 1 aromatic carbocycles. The van der Waals surface area contributed by atoms with Crippen molar-refractivity contribution in [3.8, 4) is 0 Å². The normalized spacial score (nSPS) is 10.9. The Morgan fingerprint density at radius 1 is 0.656 bits per heavy atom. The van der Waals surface area contributed by atoms with Gasteiger partial charge in [-0.15, -0.1) is 0 Å². The van der Waals surface area contributed by atoms with Gasteiger partial charge in [0.15, 0.2) is 5.78 Å². The second-order valence-electron chi connectivity index (χ2n) is 9.08. The van der Waals surface area contributed by atoms with Crippen molar-refractivity contribution in [1.82, 2.24) is 5.32 Å². The third kappa shape index (κ3) is 16.0. The van der Waals surface area contributed by atoms with Gasteiger partial charge in [-0.3, -0.25) is 9.59 Å². The smallest absolute Gasteiger partial charge is 0.220 e. The number of rotatable bonds is 21. The fourth-order valence-corrected chi connectivity index (χ4v) is 4.00. The van der Waals surface area contributed by atoms with Gasteiger partial charge in [0, 0.05) is 24.9 Å². The Hall–Kier alpha value is -1.71. The van der Waals surface area contributed by atoms with Crippen molar-refractivity contribution < 1.29 is 14.0 Å². The zero-order valence-corrected chi connectivity index (χ0v) is 20.4. The summed E-state index contributed by atoms with van der Waals surface area (Å²) in [6.07, 6.45) is 21.7. The number of Topliss-reactive ketones (excluding diaryl/α,β-unsaturated/α-hetero) is 1. The van der Waals surface area contributed by atoms with Crippen molar-refractivity contribution >= 4 is 11.7 Å². The minimum absolute atomic E-state index is 0.0820. The maximum absolute atomic E-state index is 12.9. The lowest BCUT2D eigenvalue weighted by Crippen LogP contribution is -2.24. The lowest BCUT2D eigenvalue weighted by atomic mass is 10.0. The number of carbonyl (C=O) groups excluding carboxylic acids is 2. The Labute approximate surface area is 195 Å². The number of nitrogens with one attached hydrogen (secondary N) is 1. The highest BCUT2D eigenvalue weighted by Crippen LogP contribution is 2.13. The predicted octanol–water partition coefficient (Wildman–Crippen LogP) is 8.17. The Balaban J connectivity index is 1.82. The molecule has 0 aliphatic rings. The summed E-state index contributed by atoms with van der Waals surface area (Å²) in [4.78, 5) is 23.9. The number of unbranched alkanes of at least 4 members (excludes halogenated alkanes) is 15. The predicted molar refractivity (Wildman–Crippen MR) is 133 cm³/mol. The van der Waals surface area contributed by atoms with Gasteiger partial charge < -0.3 is 5.32 Å². The number of carbonyl (C=O) groups is 2. The summed E-state index contributed by atoms with van der Waals surface area (Å²) < 4.78 is 12.9. The summed E-state index contributed by atoms with van der Waals surface area (Å²) in [5, 5.41) is 2.90. The molecule has 0 heterocycles. The number of amides is 1. The molecule has 1 aromatic rings. The zero-order valence-electron chi connectivity index (χ0n) is 20.4. The monoisotopic (exact) mass is 447 g/mol. The van der Waals surface area contributed by atoms with Crippen LogP contribution in [0.5, 0.6) is 0 Å². The average Bonchev–Trinajstić information content (AvgIpc) is 2.80. The SMILES string of the molecule is CCCCCCCCCCCCCCCCCCNC(=O)CCC(=O)c1ccc(F)cc1. The van der Waals surface area contributed by atoms with Crippen molar-refractivity contribution in [3.63, 3.8) is 0 Å². The summed E-state index contributed by atoms with van der Waals surface area (Å²) in [6.45, 7) is 2.95. The molecule has 0 aromatic heterocycles. The van der Waals surface area contributed by atoms with Crippen molar-refractivity contribution in [1.29, 1.82) is 0 Å². The summed E-state index contributed by atoms with van der Waals surface area (Å²) in [7, 11) is 0. The number of hydrogen-bond donors (Lipinski definition) is 1. The van der Waals surface area contributed by atoms with E-state index < -0.39 is 0 Å². The second-order valence-corrected chi connectivity index (χ2v) is 9.08. The Morgan fingerprint density at radius 3 is 1.56 bits per heavy atom. The molecule has 1 rings (SSSR count). The van der Waals surface area contributed by atoms with E-state index >= 15 is 0 Å². The molecule has 32 heavy (non-hydrogen) atoms. The van der Waals surface area contributed by atoms with E-state index in [1.165, 1.54) is 114 Å². The van der Waals surface area contributed by atoms with Crippen LogP contribution in [0.4, 0.5) is 4.39 Å². The first-order chi connectivity index (χ1) is 15.6. The Morgan fingerprint density at radius 2 is 1.09 bits per heavy atom. The molecule has 0 spiro atoms. The molecule has 0 radical (unpaired) electrons. The van der Waals surface area contributed by atoms with Crippen LogP contribution in [0, 0.1) is 5.82 Å². The van der Waals surface area contributed by atoms with E-state index in [1.807, 2.05) is 0 Å². The third-order valence-corrected chi connectivity index (χ3v) is 6.10. The fraction of sp³-hybridized carbons (Fsp3) is 0.714. The molecule has 1 amide bonds. The van der Waals surface area contributed by atoms with Gasteiger partial charge in [-0.1, -0.05) is 103 Å². The average molecular weight is 448 g/mol. The quantitative estimate of drug-likeness (QED) is 0.153. The maximum Gasteiger partial charge on any atom is 0.220 e. The number of halogens is 1. The molecule has 0 aliphatic heterocycles. The van der Waals surface area contributed by atoms with Crippen molar-refractivity contribution in [3.05, 3.63) is 35.6 Å². The van der Waals surface area contributed by atoms with E-state index in [9.17, 15) is 14.0 Å². The second kappa shape index (κ2) is 19.9. The van der Waals surface area contributed by atoms with E-state index in [0.717, 1.165) is 12.8 Å². The Kier molecular flexibility index (Phi) is 17.6. The molecule has 0 aliphatic carbocycles. The number of hydrogen-bond acceptors (Lipinski definition) is 2. The molecule has 4 heteroatoms. The van der Waals surface area contributed by atoms with Gasteiger partial charge in [0.25, 0.3) is 0 Å². The fourth-order valence-electron chi connectivity index (χ4n) is 4.00. The van der Waals surface area contributed by atoms with E-state index in [4.69, 9.17) is 0 Å². The van der Waals surface area contributed by atoms with Crippen molar-refractivity contribution in [2.24, 2.45) is 0 Å². The van der Waals surface area contributed by atoms with Gasteiger partial charge in [0.1, 0.15) is 5.82 Å². The van der Waals surface area contributed by atoms with Crippen LogP contribution in [0.2, 0.25) is 0 Å². The molecule has 0 bridgehead atoms. The highest BCUT2D eigenvalue weighted by molar-refractivity contribution is 5.97. The van der Waals surface area contributed by atoms with Gasteiger partial charge in [-0.2, -0.15) is 0 Å². The van der Waals surface area contributed by atoms with Crippen LogP contribution in [0.3, 0.4) is 0 Å². The molecular weight excluding hydrogens is 401 g/mol. The van der Waals surface area contributed by atoms with E-state index in [-0.39, 0.29) is 30.3 Å². The zero-order chi connectivity index (χ0) is 23.3. The van der Waals surface area contributed by atoms with Crippen molar-refractivity contribution in [2.45, 2.75) is 122 Å². The van der Waals surface area contributed by atoms with Gasteiger partial charge >= 0.3 is 0 Å². The first-order valence-electron chi connectivity index (χ1n) is 13.2. The van der Waals surface area contributed by atoms with Gasteiger partial charge in [0.05, 0.1) is 0 Å². The summed E-state index contributed by atoms with van der Waals surface area (Å²) >= 11 is 0.